The van der Waals surface area contributed by atoms with Crippen molar-refractivity contribution in [2.24, 2.45) is 0 Å². The van der Waals surface area contributed by atoms with Crippen LogP contribution in [0.1, 0.15) is 49.4 Å². The second-order valence-corrected chi connectivity index (χ2v) is 8.07. The van der Waals surface area contributed by atoms with Crippen LogP contribution in [0.3, 0.4) is 0 Å². The predicted octanol–water partition coefficient (Wildman–Crippen LogP) is 2.51. The zero-order valence-corrected chi connectivity index (χ0v) is 17.8. The van der Waals surface area contributed by atoms with Gasteiger partial charge in [-0.15, -0.1) is 10.2 Å². The number of nitrogen functional groups attached to an aromatic ring is 1. The van der Waals surface area contributed by atoms with Gasteiger partial charge in [0.15, 0.2) is 17.3 Å². The van der Waals surface area contributed by atoms with Gasteiger partial charge >= 0.3 is 0 Å². The fraction of sp³-hybridized carbons (Fsp3) is 0.550. The van der Waals surface area contributed by atoms with E-state index in [-0.39, 0.29) is 11.7 Å². The molecule has 0 spiro atoms. The summed E-state index contributed by atoms with van der Waals surface area (Å²) < 4.78 is 12.1. The Morgan fingerprint density at radius 3 is 2.69 bits per heavy atom. The highest BCUT2D eigenvalue weighted by Gasteiger charge is 2.22. The quantitative estimate of drug-likeness (QED) is 0.475. The maximum atomic E-state index is 12.2. The smallest absolute Gasteiger partial charge is 0.230 e. The number of carbonyl (C=O) groups is 1. The molecule has 1 aromatic carbocycles. The molecular weight excluding hydrogens is 390 g/mol. The molecule has 8 nitrogen and oxygen atoms in total. The number of hydrogen-bond donors (Lipinski definition) is 2. The number of nitrogens with two attached hydrogens (primary N) is 1. The summed E-state index contributed by atoms with van der Waals surface area (Å²) in [6.45, 7) is 0.539. The summed E-state index contributed by atoms with van der Waals surface area (Å²) >= 11 is 1.31. The van der Waals surface area contributed by atoms with Crippen LogP contribution in [0.5, 0.6) is 11.5 Å². The molecular formula is C20H29N5O3S. The van der Waals surface area contributed by atoms with Gasteiger partial charge in [0.05, 0.1) is 20.0 Å². The number of methoxy groups -OCH3 is 2. The van der Waals surface area contributed by atoms with Crippen LogP contribution >= 0.6 is 11.8 Å². The summed E-state index contributed by atoms with van der Waals surface area (Å²) in [5.41, 5.74) is 1.06. The molecule has 0 radical (unpaired) electrons. The lowest BCUT2D eigenvalue weighted by molar-refractivity contribution is -0.118. The second-order valence-electron chi connectivity index (χ2n) is 7.12. The number of carbonyl (C=O) groups excluding carboxylic acids is 1. The van der Waals surface area contributed by atoms with E-state index in [1.54, 1.807) is 18.9 Å². The zero-order valence-electron chi connectivity index (χ0n) is 17.0. The van der Waals surface area contributed by atoms with Gasteiger partial charge in [-0.3, -0.25) is 4.79 Å². The molecule has 1 aromatic heterocycles. The number of hydrogen-bond acceptors (Lipinski definition) is 7. The maximum Gasteiger partial charge on any atom is 0.230 e. The SMILES string of the molecule is COc1ccc(CCNC(=O)CSc2nnc(C3CCCCC3)n2N)cc1OC. The number of nitrogens with zero attached hydrogens (tertiary/aromatic N) is 3. The lowest BCUT2D eigenvalue weighted by Gasteiger charge is -2.20. The molecule has 0 atom stereocenters. The standard InChI is InChI=1S/C20H29N5O3S/c1-27-16-9-8-14(12-17(16)28-2)10-11-22-18(26)13-29-20-24-23-19(25(20)21)15-6-4-3-5-7-15/h8-9,12,15H,3-7,10-11,13,21H2,1-2H3,(H,22,26). The molecule has 1 heterocycles. The number of nitrogens with one attached hydrogen (secondary N) is 1. The van der Waals surface area contributed by atoms with E-state index in [1.807, 2.05) is 18.2 Å². The van der Waals surface area contributed by atoms with Crippen LogP contribution in [0.2, 0.25) is 0 Å². The molecule has 158 valence electrons. The highest BCUT2D eigenvalue weighted by molar-refractivity contribution is 7.99. The number of ether oxygens (including phenoxy) is 2. The van der Waals surface area contributed by atoms with Crippen LogP contribution in [0.15, 0.2) is 23.4 Å². The average Bonchev–Trinajstić information content (AvgIpc) is 3.13. The molecule has 1 saturated carbocycles. The maximum absolute atomic E-state index is 12.2. The highest BCUT2D eigenvalue weighted by atomic mass is 32.2. The van der Waals surface area contributed by atoms with Crippen LogP contribution in [0.25, 0.3) is 0 Å². The van der Waals surface area contributed by atoms with Crippen molar-refractivity contribution in [3.8, 4) is 11.5 Å². The van der Waals surface area contributed by atoms with E-state index >= 15 is 0 Å². The van der Waals surface area contributed by atoms with Crippen LogP contribution in [-0.4, -0.2) is 47.3 Å². The van der Waals surface area contributed by atoms with Crippen LogP contribution in [0.4, 0.5) is 0 Å². The molecule has 2 aromatic rings. The summed E-state index contributed by atoms with van der Waals surface area (Å²) in [6.07, 6.45) is 6.62. The van der Waals surface area contributed by atoms with E-state index in [9.17, 15) is 4.79 Å². The van der Waals surface area contributed by atoms with Crippen molar-refractivity contribution in [1.82, 2.24) is 20.2 Å². The monoisotopic (exact) mass is 419 g/mol. The van der Waals surface area contributed by atoms with Crippen molar-refractivity contribution in [2.75, 3.05) is 32.4 Å². The van der Waals surface area contributed by atoms with Crippen molar-refractivity contribution in [2.45, 2.75) is 49.6 Å². The van der Waals surface area contributed by atoms with E-state index in [1.165, 1.54) is 31.0 Å². The first-order chi connectivity index (χ1) is 14.1. The Labute approximate surface area is 175 Å². The molecule has 3 N–H and O–H groups in total. The molecule has 1 amide bonds. The Kier molecular flexibility index (Phi) is 7.62. The van der Waals surface area contributed by atoms with Crippen molar-refractivity contribution in [1.29, 1.82) is 0 Å². The minimum atomic E-state index is -0.0577. The number of aromatic nitrogens is 3. The normalized spacial score (nSPS) is 14.6. The Morgan fingerprint density at radius 1 is 1.21 bits per heavy atom. The van der Waals surface area contributed by atoms with Crippen LogP contribution in [-0.2, 0) is 11.2 Å². The minimum Gasteiger partial charge on any atom is -0.493 e. The molecule has 1 fully saturated rings. The van der Waals surface area contributed by atoms with E-state index in [2.05, 4.69) is 15.5 Å². The minimum absolute atomic E-state index is 0.0577. The summed E-state index contributed by atoms with van der Waals surface area (Å²) in [5, 5.41) is 11.9. The topological polar surface area (TPSA) is 104 Å². The Morgan fingerprint density at radius 2 is 1.97 bits per heavy atom. The summed E-state index contributed by atoms with van der Waals surface area (Å²) in [5.74, 6) is 8.95. The van der Waals surface area contributed by atoms with Gasteiger partial charge in [0.25, 0.3) is 0 Å². The van der Waals surface area contributed by atoms with E-state index in [4.69, 9.17) is 15.3 Å². The van der Waals surface area contributed by atoms with Crippen LogP contribution in [0, 0.1) is 0 Å². The lowest BCUT2D eigenvalue weighted by atomic mass is 9.89. The Hall–Kier alpha value is -2.42. The molecule has 1 aliphatic rings. The molecule has 0 saturated heterocycles. The first-order valence-corrected chi connectivity index (χ1v) is 10.9. The molecule has 3 rings (SSSR count). The largest absolute Gasteiger partial charge is 0.493 e. The summed E-state index contributed by atoms with van der Waals surface area (Å²) in [4.78, 5) is 12.2. The molecule has 29 heavy (non-hydrogen) atoms. The van der Waals surface area contributed by atoms with Crippen molar-refractivity contribution < 1.29 is 14.3 Å². The van der Waals surface area contributed by atoms with Crippen molar-refractivity contribution in [3.05, 3.63) is 29.6 Å². The zero-order chi connectivity index (χ0) is 20.6. The van der Waals surface area contributed by atoms with E-state index < -0.39 is 0 Å². The third-order valence-electron chi connectivity index (χ3n) is 5.18. The summed E-state index contributed by atoms with van der Waals surface area (Å²) in [6, 6.07) is 5.75. The highest BCUT2D eigenvalue weighted by Crippen LogP contribution is 2.32. The van der Waals surface area contributed by atoms with Gasteiger partial charge in [0.1, 0.15) is 0 Å². The fourth-order valence-electron chi connectivity index (χ4n) is 3.59. The van der Waals surface area contributed by atoms with Gasteiger partial charge in [-0.1, -0.05) is 37.1 Å². The average molecular weight is 420 g/mol. The second kappa shape index (κ2) is 10.4. The number of benzene rings is 1. The molecule has 9 heteroatoms. The number of thioether (sulfide) groups is 1. The Bertz CT molecular complexity index is 820. The summed E-state index contributed by atoms with van der Waals surface area (Å²) in [7, 11) is 3.21. The first kappa shape index (κ1) is 21.3. The first-order valence-electron chi connectivity index (χ1n) is 9.93. The Balaban J connectivity index is 1.44. The number of amides is 1. The lowest BCUT2D eigenvalue weighted by Crippen LogP contribution is -2.27. The van der Waals surface area contributed by atoms with Crippen molar-refractivity contribution in [3.63, 3.8) is 0 Å². The van der Waals surface area contributed by atoms with Gasteiger partial charge in [0.2, 0.25) is 11.1 Å². The van der Waals surface area contributed by atoms with Gasteiger partial charge < -0.3 is 20.6 Å². The van der Waals surface area contributed by atoms with Gasteiger partial charge in [-0.2, -0.15) is 0 Å². The molecule has 0 unspecified atom stereocenters. The van der Waals surface area contributed by atoms with E-state index in [0.717, 1.165) is 24.2 Å². The van der Waals surface area contributed by atoms with Crippen molar-refractivity contribution >= 4 is 17.7 Å². The van der Waals surface area contributed by atoms with Crippen LogP contribution < -0.4 is 20.6 Å². The van der Waals surface area contributed by atoms with Gasteiger partial charge in [-0.05, 0) is 37.0 Å². The third kappa shape index (κ3) is 5.56. The fourth-order valence-corrected chi connectivity index (χ4v) is 4.28. The van der Waals surface area contributed by atoms with Gasteiger partial charge in [-0.25, -0.2) is 4.68 Å². The van der Waals surface area contributed by atoms with E-state index in [0.29, 0.717) is 35.5 Å². The third-order valence-corrected chi connectivity index (χ3v) is 6.12. The molecule has 0 bridgehead atoms. The molecule has 0 aliphatic heterocycles. The molecule has 1 aliphatic carbocycles. The predicted molar refractivity (Wildman–Crippen MR) is 113 cm³/mol. The van der Waals surface area contributed by atoms with Gasteiger partial charge in [0, 0.05) is 12.5 Å². The number of rotatable bonds is 9.